The molecule has 0 unspecified atom stereocenters. The Balaban J connectivity index is 2.18. The third-order valence-electron chi connectivity index (χ3n) is 2.94. The quantitative estimate of drug-likeness (QED) is 0.795. The van der Waals surface area contributed by atoms with E-state index >= 15 is 0 Å². The second-order valence-electron chi connectivity index (χ2n) is 4.56. The Morgan fingerprint density at radius 3 is 2.82 bits per heavy atom. The minimum Gasteiger partial charge on any atom is -0.481 e. The number of hydrogen-bond donors (Lipinski definition) is 3. The van der Waals surface area contributed by atoms with Crippen LogP contribution in [0.3, 0.4) is 0 Å². The van der Waals surface area contributed by atoms with Crippen LogP contribution in [0.4, 0.5) is 5.69 Å². The number of hydrogen-bond acceptors (Lipinski definition) is 3. The number of anilines is 1. The van der Waals surface area contributed by atoms with Crippen molar-refractivity contribution in [2.45, 2.75) is 18.9 Å². The number of benzene rings is 1. The third kappa shape index (κ3) is 2.79. The third-order valence-corrected chi connectivity index (χ3v) is 3.63. The van der Waals surface area contributed by atoms with E-state index in [0.717, 1.165) is 15.7 Å². The van der Waals surface area contributed by atoms with Gasteiger partial charge >= 0.3 is 5.97 Å². The second kappa shape index (κ2) is 4.66. The molecular formula is C12H15BrN2O2. The van der Waals surface area contributed by atoms with Crippen molar-refractivity contribution < 1.29 is 9.90 Å². The molecule has 1 aliphatic heterocycles. The fourth-order valence-corrected chi connectivity index (χ4v) is 2.34. The molecule has 92 valence electrons. The van der Waals surface area contributed by atoms with Gasteiger partial charge in [0, 0.05) is 23.2 Å². The van der Waals surface area contributed by atoms with Crippen LogP contribution in [0.15, 0.2) is 22.7 Å². The molecule has 5 heteroatoms. The van der Waals surface area contributed by atoms with Crippen LogP contribution in [-0.4, -0.2) is 29.7 Å². The summed E-state index contributed by atoms with van der Waals surface area (Å²) in [6.45, 7) is 3.37. The lowest BCUT2D eigenvalue weighted by Crippen LogP contribution is -2.65. The molecule has 4 nitrogen and oxygen atoms in total. The number of nitrogens with one attached hydrogen (secondary N) is 2. The van der Waals surface area contributed by atoms with Crippen LogP contribution in [-0.2, 0) is 4.79 Å². The standard InChI is InChI=1S/C12H15BrN2O2/c1-8-2-3-9(13)10(4-8)15-12(5-11(16)17)6-14-7-12/h2-4,14-15H,5-7H2,1H3,(H,16,17). The minimum atomic E-state index is -0.775. The Hall–Kier alpha value is -1.07. The van der Waals surface area contributed by atoms with Crippen molar-refractivity contribution in [1.82, 2.24) is 5.32 Å². The summed E-state index contributed by atoms with van der Waals surface area (Å²) >= 11 is 3.47. The molecule has 1 aliphatic rings. The van der Waals surface area contributed by atoms with E-state index in [0.29, 0.717) is 13.1 Å². The lowest BCUT2D eigenvalue weighted by molar-refractivity contribution is -0.138. The van der Waals surface area contributed by atoms with Crippen LogP contribution in [0.1, 0.15) is 12.0 Å². The van der Waals surface area contributed by atoms with Gasteiger partial charge in [-0.3, -0.25) is 4.79 Å². The van der Waals surface area contributed by atoms with Gasteiger partial charge < -0.3 is 15.7 Å². The van der Waals surface area contributed by atoms with Crippen LogP contribution in [0.5, 0.6) is 0 Å². The molecule has 0 aliphatic carbocycles. The van der Waals surface area contributed by atoms with Crippen LogP contribution in [0.2, 0.25) is 0 Å². The molecule has 1 aromatic rings. The van der Waals surface area contributed by atoms with Crippen LogP contribution in [0, 0.1) is 6.92 Å². The largest absolute Gasteiger partial charge is 0.481 e. The number of aliphatic carboxylic acids is 1. The van der Waals surface area contributed by atoms with Crippen LogP contribution in [0.25, 0.3) is 0 Å². The lowest BCUT2D eigenvalue weighted by Gasteiger charge is -2.43. The highest BCUT2D eigenvalue weighted by Gasteiger charge is 2.39. The van der Waals surface area contributed by atoms with Crippen molar-refractivity contribution in [3.8, 4) is 0 Å². The minimum absolute atomic E-state index is 0.125. The molecule has 0 amide bonds. The van der Waals surface area contributed by atoms with Crippen LogP contribution < -0.4 is 10.6 Å². The van der Waals surface area contributed by atoms with E-state index in [1.54, 1.807) is 0 Å². The first-order chi connectivity index (χ1) is 8.01. The van der Waals surface area contributed by atoms with Gasteiger partial charge in [-0.15, -0.1) is 0 Å². The first kappa shape index (κ1) is 12.4. The maximum atomic E-state index is 10.9. The first-order valence-electron chi connectivity index (χ1n) is 5.48. The number of carboxylic acid groups (broad SMARTS) is 1. The van der Waals surface area contributed by atoms with Crippen molar-refractivity contribution >= 4 is 27.6 Å². The van der Waals surface area contributed by atoms with Crippen molar-refractivity contribution in [1.29, 1.82) is 0 Å². The summed E-state index contributed by atoms with van der Waals surface area (Å²) in [5.41, 5.74) is 1.74. The summed E-state index contributed by atoms with van der Waals surface area (Å²) in [5, 5.41) is 15.4. The molecule has 0 aromatic heterocycles. The molecular weight excluding hydrogens is 284 g/mol. The molecule has 1 saturated heterocycles. The van der Waals surface area contributed by atoms with Gasteiger partial charge in [-0.1, -0.05) is 6.07 Å². The zero-order valence-electron chi connectivity index (χ0n) is 9.59. The van der Waals surface area contributed by atoms with E-state index in [1.807, 2.05) is 25.1 Å². The van der Waals surface area contributed by atoms with Gasteiger partial charge in [0.25, 0.3) is 0 Å². The molecule has 1 heterocycles. The maximum Gasteiger partial charge on any atom is 0.305 e. The zero-order chi connectivity index (χ0) is 12.5. The molecule has 0 atom stereocenters. The van der Waals surface area contributed by atoms with Crippen molar-refractivity contribution in [3.63, 3.8) is 0 Å². The molecule has 1 fully saturated rings. The van der Waals surface area contributed by atoms with Gasteiger partial charge in [0.2, 0.25) is 0 Å². The highest BCUT2D eigenvalue weighted by Crippen LogP contribution is 2.29. The SMILES string of the molecule is Cc1ccc(Br)c(NC2(CC(=O)O)CNC2)c1. The number of carbonyl (C=O) groups is 1. The molecule has 17 heavy (non-hydrogen) atoms. The fraction of sp³-hybridized carbons (Fsp3) is 0.417. The van der Waals surface area contributed by atoms with Crippen molar-refractivity contribution in [2.24, 2.45) is 0 Å². The molecule has 1 aromatic carbocycles. The van der Waals surface area contributed by atoms with Crippen molar-refractivity contribution in [2.75, 3.05) is 18.4 Å². The topological polar surface area (TPSA) is 61.4 Å². The lowest BCUT2D eigenvalue weighted by atomic mass is 9.88. The molecule has 3 N–H and O–H groups in total. The Bertz CT molecular complexity index is 444. The smallest absolute Gasteiger partial charge is 0.305 e. The molecule has 2 rings (SSSR count). The Labute approximate surface area is 109 Å². The van der Waals surface area contributed by atoms with E-state index in [4.69, 9.17) is 5.11 Å². The monoisotopic (exact) mass is 298 g/mol. The number of aryl methyl sites for hydroxylation is 1. The molecule has 0 radical (unpaired) electrons. The van der Waals surface area contributed by atoms with Gasteiger partial charge in [-0.05, 0) is 40.5 Å². The Kier molecular flexibility index (Phi) is 3.40. The Morgan fingerprint density at radius 1 is 1.59 bits per heavy atom. The average Bonchev–Trinajstić information content (AvgIpc) is 2.19. The summed E-state index contributed by atoms with van der Waals surface area (Å²) < 4.78 is 0.958. The number of halogens is 1. The molecule has 0 spiro atoms. The summed E-state index contributed by atoms with van der Waals surface area (Å²) in [6.07, 6.45) is 0.125. The first-order valence-corrected chi connectivity index (χ1v) is 6.27. The highest BCUT2D eigenvalue weighted by atomic mass is 79.9. The van der Waals surface area contributed by atoms with Crippen molar-refractivity contribution in [3.05, 3.63) is 28.2 Å². The molecule has 0 bridgehead atoms. The summed E-state index contributed by atoms with van der Waals surface area (Å²) in [4.78, 5) is 10.9. The van der Waals surface area contributed by atoms with Gasteiger partial charge in [0.05, 0.1) is 12.0 Å². The second-order valence-corrected chi connectivity index (χ2v) is 5.42. The van der Waals surface area contributed by atoms with E-state index in [-0.39, 0.29) is 12.0 Å². The zero-order valence-corrected chi connectivity index (χ0v) is 11.2. The highest BCUT2D eigenvalue weighted by molar-refractivity contribution is 9.10. The van der Waals surface area contributed by atoms with Gasteiger partial charge in [-0.2, -0.15) is 0 Å². The maximum absolute atomic E-state index is 10.9. The van der Waals surface area contributed by atoms with E-state index in [2.05, 4.69) is 26.6 Å². The fourth-order valence-electron chi connectivity index (χ4n) is 1.99. The predicted molar refractivity (Wildman–Crippen MR) is 70.4 cm³/mol. The van der Waals surface area contributed by atoms with Gasteiger partial charge in [0.1, 0.15) is 0 Å². The van der Waals surface area contributed by atoms with Crippen LogP contribution >= 0.6 is 15.9 Å². The summed E-state index contributed by atoms with van der Waals surface area (Å²) in [7, 11) is 0. The van der Waals surface area contributed by atoms with Gasteiger partial charge in [-0.25, -0.2) is 0 Å². The summed E-state index contributed by atoms with van der Waals surface area (Å²) in [5.74, 6) is -0.775. The average molecular weight is 299 g/mol. The normalized spacial score (nSPS) is 17.3. The van der Waals surface area contributed by atoms with E-state index < -0.39 is 5.97 Å². The number of carboxylic acids is 1. The molecule has 0 saturated carbocycles. The summed E-state index contributed by atoms with van der Waals surface area (Å²) in [6, 6.07) is 6.00. The predicted octanol–water partition coefficient (Wildman–Crippen LogP) is 1.99. The number of rotatable bonds is 4. The Morgan fingerprint density at radius 2 is 2.29 bits per heavy atom. The van der Waals surface area contributed by atoms with E-state index in [1.165, 1.54) is 0 Å². The van der Waals surface area contributed by atoms with Gasteiger partial charge in [0.15, 0.2) is 0 Å². The van der Waals surface area contributed by atoms with E-state index in [9.17, 15) is 4.79 Å².